The molecular weight excluding hydrogens is 489 g/mol. The first-order valence-electron chi connectivity index (χ1n) is 10.1. The number of rotatable bonds is 5. The number of carbonyl (C=O) groups is 2. The fourth-order valence-electron chi connectivity index (χ4n) is 3.36. The number of fused-ring (bicyclic) bond motifs is 1. The maximum atomic E-state index is 13.4. The molecule has 0 bridgehead atoms. The highest BCUT2D eigenvalue weighted by Crippen LogP contribution is 2.33. The van der Waals surface area contributed by atoms with E-state index in [9.17, 15) is 22.8 Å². The topological polar surface area (TPSA) is 144 Å². The van der Waals surface area contributed by atoms with Crippen LogP contribution in [0.3, 0.4) is 0 Å². The molecule has 0 saturated carbocycles. The largest absolute Gasteiger partial charge is 0.435 e. The predicted molar refractivity (Wildman–Crippen MR) is 122 cm³/mol. The number of hydrogen-bond acceptors (Lipinski definition) is 6. The summed E-state index contributed by atoms with van der Waals surface area (Å²) in [6.45, 7) is 3.47. The number of nitrogens with two attached hydrogens (primary N) is 1. The molecule has 0 aliphatic carbocycles. The second-order valence-electron chi connectivity index (χ2n) is 7.77. The van der Waals surface area contributed by atoms with Crippen LogP contribution in [0.4, 0.5) is 24.5 Å². The highest BCUT2D eigenvalue weighted by Gasteiger charge is 2.37. The number of alkyl halides is 3. The van der Waals surface area contributed by atoms with Crippen molar-refractivity contribution in [3.8, 4) is 5.82 Å². The SMILES string of the molecule is CC(C)NC(=O)c1c(NC(=O)c2cc(C(F)(F)F)nn2-c2ncccc2Cl)c(N)cc2cn[nH]c12. The summed E-state index contributed by atoms with van der Waals surface area (Å²) in [7, 11) is 0. The van der Waals surface area contributed by atoms with Crippen LogP contribution in [0.25, 0.3) is 16.7 Å². The van der Waals surface area contributed by atoms with Gasteiger partial charge in [-0.2, -0.15) is 23.4 Å². The fraction of sp³-hybridized carbons (Fsp3) is 0.190. The molecule has 3 aromatic heterocycles. The number of halogens is 4. The predicted octanol–water partition coefficient (Wildman–Crippen LogP) is 3.79. The number of aromatic nitrogens is 5. The number of nitrogen functional groups attached to an aromatic ring is 1. The summed E-state index contributed by atoms with van der Waals surface area (Å²) in [5, 5.41) is 15.7. The summed E-state index contributed by atoms with van der Waals surface area (Å²) in [5.74, 6) is -1.79. The van der Waals surface area contributed by atoms with E-state index in [1.807, 2.05) is 0 Å². The van der Waals surface area contributed by atoms with Crippen LogP contribution in [0.15, 0.2) is 36.7 Å². The van der Waals surface area contributed by atoms with Gasteiger partial charge >= 0.3 is 6.18 Å². The molecule has 10 nitrogen and oxygen atoms in total. The van der Waals surface area contributed by atoms with Gasteiger partial charge in [0.05, 0.1) is 33.7 Å². The Kier molecular flexibility index (Phi) is 6.11. The number of pyridine rings is 1. The van der Waals surface area contributed by atoms with Crippen LogP contribution in [-0.4, -0.2) is 42.8 Å². The van der Waals surface area contributed by atoms with Crippen molar-refractivity contribution >= 4 is 45.7 Å². The van der Waals surface area contributed by atoms with Gasteiger partial charge in [-0.15, -0.1) is 0 Å². The van der Waals surface area contributed by atoms with E-state index >= 15 is 0 Å². The number of nitrogens with zero attached hydrogens (tertiary/aromatic N) is 4. The molecule has 4 rings (SSSR count). The van der Waals surface area contributed by atoms with Gasteiger partial charge in [-0.1, -0.05) is 11.6 Å². The number of anilines is 2. The van der Waals surface area contributed by atoms with Crippen molar-refractivity contribution in [2.45, 2.75) is 26.1 Å². The summed E-state index contributed by atoms with van der Waals surface area (Å²) < 4.78 is 41.0. The first-order valence-corrected chi connectivity index (χ1v) is 10.5. The molecule has 182 valence electrons. The molecule has 1 aromatic carbocycles. The molecule has 5 N–H and O–H groups in total. The average molecular weight is 507 g/mol. The number of amides is 2. The van der Waals surface area contributed by atoms with Crippen molar-refractivity contribution in [3.63, 3.8) is 0 Å². The average Bonchev–Trinajstić information content (AvgIpc) is 3.41. The van der Waals surface area contributed by atoms with E-state index in [-0.39, 0.29) is 39.3 Å². The Balaban J connectivity index is 1.84. The third-order valence-corrected chi connectivity index (χ3v) is 5.12. The van der Waals surface area contributed by atoms with Crippen molar-refractivity contribution in [2.24, 2.45) is 0 Å². The van der Waals surface area contributed by atoms with Crippen LogP contribution < -0.4 is 16.4 Å². The smallest absolute Gasteiger partial charge is 0.397 e. The second kappa shape index (κ2) is 8.91. The number of benzene rings is 1. The van der Waals surface area contributed by atoms with E-state index in [1.54, 1.807) is 13.8 Å². The first-order chi connectivity index (χ1) is 16.5. The summed E-state index contributed by atoms with van der Waals surface area (Å²) >= 11 is 6.09. The van der Waals surface area contributed by atoms with Crippen molar-refractivity contribution in [2.75, 3.05) is 11.1 Å². The van der Waals surface area contributed by atoms with Crippen LogP contribution in [0.2, 0.25) is 5.02 Å². The van der Waals surface area contributed by atoms with E-state index in [0.29, 0.717) is 16.1 Å². The minimum Gasteiger partial charge on any atom is -0.397 e. The van der Waals surface area contributed by atoms with Crippen LogP contribution in [0, 0.1) is 0 Å². The lowest BCUT2D eigenvalue weighted by atomic mass is 10.1. The Labute approximate surface area is 200 Å². The Bertz CT molecular complexity index is 1440. The highest BCUT2D eigenvalue weighted by atomic mass is 35.5. The molecule has 0 aliphatic heterocycles. The van der Waals surface area contributed by atoms with Gasteiger partial charge in [-0.3, -0.25) is 14.7 Å². The molecule has 0 aliphatic rings. The van der Waals surface area contributed by atoms with Crippen molar-refractivity contribution in [1.82, 2.24) is 30.3 Å². The lowest BCUT2D eigenvalue weighted by Gasteiger charge is -2.16. The summed E-state index contributed by atoms with van der Waals surface area (Å²) in [6, 6.07) is 4.62. The molecule has 0 saturated heterocycles. The van der Waals surface area contributed by atoms with E-state index in [0.717, 1.165) is 0 Å². The van der Waals surface area contributed by atoms with E-state index < -0.39 is 29.4 Å². The number of aromatic amines is 1. The van der Waals surface area contributed by atoms with Crippen molar-refractivity contribution in [1.29, 1.82) is 0 Å². The Morgan fingerprint density at radius 2 is 1.97 bits per heavy atom. The van der Waals surface area contributed by atoms with E-state index in [4.69, 9.17) is 17.3 Å². The van der Waals surface area contributed by atoms with Crippen LogP contribution in [0.5, 0.6) is 0 Å². The van der Waals surface area contributed by atoms with Gasteiger partial charge in [0, 0.05) is 23.7 Å². The third kappa shape index (κ3) is 4.62. The molecule has 0 radical (unpaired) electrons. The quantitative estimate of drug-likeness (QED) is 0.303. The molecule has 14 heteroatoms. The molecular formula is C21H18ClF3N8O2. The van der Waals surface area contributed by atoms with E-state index in [2.05, 4.69) is 30.9 Å². The molecule has 4 aromatic rings. The van der Waals surface area contributed by atoms with Crippen LogP contribution in [0.1, 0.15) is 40.4 Å². The Morgan fingerprint density at radius 3 is 2.63 bits per heavy atom. The van der Waals surface area contributed by atoms with Gasteiger partial charge in [-0.05, 0) is 32.0 Å². The maximum absolute atomic E-state index is 13.4. The summed E-state index contributed by atoms with van der Waals surface area (Å²) in [6.07, 6.45) is -2.12. The van der Waals surface area contributed by atoms with Gasteiger partial charge in [-0.25, -0.2) is 9.67 Å². The minimum atomic E-state index is -4.85. The maximum Gasteiger partial charge on any atom is 0.435 e. The van der Waals surface area contributed by atoms with Gasteiger partial charge in [0.2, 0.25) is 0 Å². The number of nitrogens with one attached hydrogen (secondary N) is 3. The van der Waals surface area contributed by atoms with Crippen molar-refractivity contribution < 1.29 is 22.8 Å². The minimum absolute atomic E-state index is 0.000801. The number of hydrogen-bond donors (Lipinski definition) is 4. The lowest BCUT2D eigenvalue weighted by Crippen LogP contribution is -2.31. The summed E-state index contributed by atoms with van der Waals surface area (Å²) in [4.78, 5) is 30.2. The molecule has 3 heterocycles. The zero-order valence-electron chi connectivity index (χ0n) is 18.2. The monoisotopic (exact) mass is 506 g/mol. The van der Waals surface area contributed by atoms with Crippen LogP contribution >= 0.6 is 11.6 Å². The zero-order valence-corrected chi connectivity index (χ0v) is 19.0. The van der Waals surface area contributed by atoms with Gasteiger partial charge in [0.15, 0.2) is 11.5 Å². The Morgan fingerprint density at radius 1 is 1.23 bits per heavy atom. The zero-order chi connectivity index (χ0) is 25.5. The second-order valence-corrected chi connectivity index (χ2v) is 8.17. The summed E-state index contributed by atoms with van der Waals surface area (Å²) in [5.41, 5.74) is 4.39. The fourth-order valence-corrected chi connectivity index (χ4v) is 3.57. The van der Waals surface area contributed by atoms with Crippen LogP contribution in [-0.2, 0) is 6.18 Å². The molecule has 0 fully saturated rings. The lowest BCUT2D eigenvalue weighted by molar-refractivity contribution is -0.141. The Hall–Kier alpha value is -4.13. The normalized spacial score (nSPS) is 11.7. The molecule has 35 heavy (non-hydrogen) atoms. The van der Waals surface area contributed by atoms with Crippen molar-refractivity contribution in [3.05, 3.63) is 58.6 Å². The van der Waals surface area contributed by atoms with E-state index in [1.165, 1.54) is 30.6 Å². The number of H-pyrrole nitrogens is 1. The standard InChI is InChI=1S/C21H18ClF3N8O2/c1-9(2)29-20(35)15-16-10(8-28-31-16)6-12(26)17(15)30-19(34)13-7-14(21(23,24)25)32-33(13)18-11(22)4-3-5-27-18/h3-9H,26H2,1-2H3,(H,28,31)(H,29,35)(H,30,34). The van der Waals surface area contributed by atoms with Gasteiger partial charge < -0.3 is 16.4 Å². The molecule has 0 spiro atoms. The number of carbonyl (C=O) groups excluding carboxylic acids is 2. The van der Waals surface area contributed by atoms with Gasteiger partial charge in [0.25, 0.3) is 11.8 Å². The highest BCUT2D eigenvalue weighted by molar-refractivity contribution is 6.32. The molecule has 0 atom stereocenters. The molecule has 0 unspecified atom stereocenters. The molecule has 2 amide bonds. The van der Waals surface area contributed by atoms with Gasteiger partial charge in [0.1, 0.15) is 5.69 Å². The first kappa shape index (κ1) is 24.0. The third-order valence-electron chi connectivity index (χ3n) is 4.83.